The molecule has 4 unspecified atom stereocenters. The van der Waals surface area contributed by atoms with Gasteiger partial charge in [0.2, 0.25) is 0 Å². The molecule has 4 atom stereocenters. The Labute approximate surface area is 156 Å². The van der Waals surface area contributed by atoms with Crippen LogP contribution in [0.2, 0.25) is 0 Å². The Morgan fingerprint density at radius 2 is 1.88 bits per heavy atom. The molecule has 0 aromatic rings. The van der Waals surface area contributed by atoms with Crippen molar-refractivity contribution in [3.8, 4) is 0 Å². The average molecular weight is 351 g/mol. The van der Waals surface area contributed by atoms with E-state index in [1.54, 1.807) is 0 Å². The van der Waals surface area contributed by atoms with Gasteiger partial charge in [0.05, 0.1) is 0 Å². The maximum atomic E-state index is 5.90. The number of hydrogen-bond acceptors (Lipinski definition) is 3. The first kappa shape index (κ1) is 20.9. The van der Waals surface area contributed by atoms with Crippen LogP contribution in [0.5, 0.6) is 0 Å². The topological polar surface area (TPSA) is 24.5 Å². The van der Waals surface area contributed by atoms with Gasteiger partial charge in [-0.1, -0.05) is 51.7 Å². The lowest BCUT2D eigenvalue weighted by molar-refractivity contribution is -0.104. The first-order valence-electron chi connectivity index (χ1n) is 10.8. The van der Waals surface area contributed by atoms with Gasteiger partial charge in [-0.25, -0.2) is 5.48 Å². The Morgan fingerprint density at radius 3 is 2.60 bits per heavy atom. The van der Waals surface area contributed by atoms with Crippen molar-refractivity contribution in [1.82, 2.24) is 10.4 Å². The molecule has 2 aliphatic carbocycles. The summed E-state index contributed by atoms with van der Waals surface area (Å²) in [5, 5.41) is 0. The minimum absolute atomic E-state index is 0.212. The molecule has 1 saturated carbocycles. The van der Waals surface area contributed by atoms with E-state index in [4.69, 9.17) is 4.84 Å². The van der Waals surface area contributed by atoms with Crippen molar-refractivity contribution < 1.29 is 4.84 Å². The van der Waals surface area contributed by atoms with Crippen molar-refractivity contribution in [1.29, 1.82) is 0 Å². The molecule has 2 aliphatic rings. The summed E-state index contributed by atoms with van der Waals surface area (Å²) in [6.07, 6.45) is 18.5. The summed E-state index contributed by atoms with van der Waals surface area (Å²) in [6.45, 7) is 5.94. The van der Waals surface area contributed by atoms with Crippen molar-refractivity contribution in [3.05, 3.63) is 12.2 Å². The van der Waals surface area contributed by atoms with E-state index in [2.05, 4.69) is 43.4 Å². The van der Waals surface area contributed by atoms with Crippen LogP contribution in [0.15, 0.2) is 12.2 Å². The molecule has 2 rings (SSSR count). The van der Waals surface area contributed by atoms with Gasteiger partial charge in [0.1, 0.15) is 6.23 Å². The molecule has 1 fully saturated rings. The molecule has 1 N–H and O–H groups in total. The second-order valence-electron chi connectivity index (χ2n) is 8.87. The van der Waals surface area contributed by atoms with Gasteiger partial charge in [0.15, 0.2) is 0 Å². The molecule has 25 heavy (non-hydrogen) atoms. The molecular formula is C22H42N2O. The fourth-order valence-electron chi connectivity index (χ4n) is 4.79. The number of nitrogens with zero attached hydrogens (tertiary/aromatic N) is 1. The van der Waals surface area contributed by atoms with Crippen LogP contribution in [-0.4, -0.2) is 31.8 Å². The van der Waals surface area contributed by atoms with Gasteiger partial charge in [-0.2, -0.15) is 0 Å². The third kappa shape index (κ3) is 7.80. The molecule has 3 heteroatoms. The highest BCUT2D eigenvalue weighted by Crippen LogP contribution is 2.30. The highest BCUT2D eigenvalue weighted by molar-refractivity contribution is 4.90. The lowest BCUT2D eigenvalue weighted by Crippen LogP contribution is -2.40. The van der Waals surface area contributed by atoms with Crippen molar-refractivity contribution >= 4 is 0 Å². The molecule has 146 valence electrons. The van der Waals surface area contributed by atoms with Crippen LogP contribution in [0, 0.1) is 23.7 Å². The third-order valence-electron chi connectivity index (χ3n) is 6.36. The van der Waals surface area contributed by atoms with Gasteiger partial charge in [-0.3, -0.25) is 9.74 Å². The van der Waals surface area contributed by atoms with E-state index in [0.717, 1.165) is 36.6 Å². The Bertz CT molecular complexity index is 378. The SMILES string of the molecule is CNOC(CCC1CCCC1)N(C)CC1CCC(C)/C=C\CC(C)C1. The molecule has 0 saturated heterocycles. The lowest BCUT2D eigenvalue weighted by Gasteiger charge is -2.32. The van der Waals surface area contributed by atoms with Crippen LogP contribution in [-0.2, 0) is 4.84 Å². The maximum Gasteiger partial charge on any atom is 0.131 e. The van der Waals surface area contributed by atoms with Gasteiger partial charge in [0.25, 0.3) is 0 Å². The molecule has 0 aromatic heterocycles. The monoisotopic (exact) mass is 350 g/mol. The van der Waals surface area contributed by atoms with E-state index in [0.29, 0.717) is 0 Å². The lowest BCUT2D eigenvalue weighted by atomic mass is 9.89. The smallest absolute Gasteiger partial charge is 0.131 e. The summed E-state index contributed by atoms with van der Waals surface area (Å²) in [4.78, 5) is 8.37. The van der Waals surface area contributed by atoms with E-state index >= 15 is 0 Å². The van der Waals surface area contributed by atoms with Gasteiger partial charge in [-0.15, -0.1) is 0 Å². The molecule has 0 heterocycles. The van der Waals surface area contributed by atoms with Crippen LogP contribution < -0.4 is 5.48 Å². The van der Waals surface area contributed by atoms with Gasteiger partial charge < -0.3 is 0 Å². The number of nitrogens with one attached hydrogen (secondary N) is 1. The Hall–Kier alpha value is -0.380. The Balaban J connectivity index is 1.84. The minimum Gasteiger partial charge on any atom is -0.283 e. The van der Waals surface area contributed by atoms with E-state index < -0.39 is 0 Å². The summed E-state index contributed by atoms with van der Waals surface area (Å²) in [5.74, 6) is 3.25. The molecule has 0 radical (unpaired) electrons. The number of rotatable bonds is 8. The predicted molar refractivity (Wildman–Crippen MR) is 107 cm³/mol. The van der Waals surface area contributed by atoms with Crippen LogP contribution in [0.4, 0.5) is 0 Å². The zero-order valence-electron chi connectivity index (χ0n) is 17.2. The first-order chi connectivity index (χ1) is 12.1. The van der Waals surface area contributed by atoms with Gasteiger partial charge >= 0.3 is 0 Å². The van der Waals surface area contributed by atoms with Crippen molar-refractivity contribution in [2.75, 3.05) is 20.6 Å². The van der Waals surface area contributed by atoms with E-state index in [9.17, 15) is 0 Å². The summed E-state index contributed by atoms with van der Waals surface area (Å²) < 4.78 is 0. The quantitative estimate of drug-likeness (QED) is 0.361. The van der Waals surface area contributed by atoms with E-state index in [1.165, 1.54) is 57.8 Å². The Kier molecular flexibility index (Phi) is 9.51. The van der Waals surface area contributed by atoms with Crippen molar-refractivity contribution in [2.45, 2.75) is 84.3 Å². The summed E-state index contributed by atoms with van der Waals surface area (Å²) >= 11 is 0. The standard InChI is InChI=1S/C22H42N2O/c1-18-8-7-9-19(2)16-21(13-12-18)17-24(4)22(25-23-3)15-14-20-10-5-6-11-20/h7-8,18-23H,5-6,9-17H2,1-4H3/b8-7-. The number of hydrogen-bond donors (Lipinski definition) is 1. The van der Waals surface area contributed by atoms with E-state index in [-0.39, 0.29) is 6.23 Å². The molecule has 0 spiro atoms. The second kappa shape index (κ2) is 11.4. The fraction of sp³-hybridized carbons (Fsp3) is 0.909. The summed E-state index contributed by atoms with van der Waals surface area (Å²) in [7, 11) is 4.15. The second-order valence-corrected chi connectivity index (χ2v) is 8.87. The average Bonchev–Trinajstić information content (AvgIpc) is 3.10. The third-order valence-corrected chi connectivity index (χ3v) is 6.36. The Morgan fingerprint density at radius 1 is 1.12 bits per heavy atom. The number of allylic oxidation sites excluding steroid dienone is 2. The highest BCUT2D eigenvalue weighted by atomic mass is 16.7. The largest absolute Gasteiger partial charge is 0.283 e. The molecule has 0 bridgehead atoms. The molecule has 0 aliphatic heterocycles. The molecule has 0 aromatic carbocycles. The van der Waals surface area contributed by atoms with Crippen molar-refractivity contribution in [2.24, 2.45) is 23.7 Å². The van der Waals surface area contributed by atoms with Crippen molar-refractivity contribution in [3.63, 3.8) is 0 Å². The molecule has 3 nitrogen and oxygen atoms in total. The van der Waals surface area contributed by atoms with Gasteiger partial charge in [-0.05, 0) is 69.2 Å². The van der Waals surface area contributed by atoms with Gasteiger partial charge in [0, 0.05) is 13.6 Å². The molecule has 0 amide bonds. The number of hydroxylamine groups is 1. The summed E-state index contributed by atoms with van der Waals surface area (Å²) in [6, 6.07) is 0. The maximum absolute atomic E-state index is 5.90. The van der Waals surface area contributed by atoms with Crippen LogP contribution in [0.3, 0.4) is 0 Å². The van der Waals surface area contributed by atoms with E-state index in [1.807, 2.05) is 7.05 Å². The molecular weight excluding hydrogens is 308 g/mol. The highest BCUT2D eigenvalue weighted by Gasteiger charge is 2.24. The fourth-order valence-corrected chi connectivity index (χ4v) is 4.79. The van der Waals surface area contributed by atoms with Crippen LogP contribution in [0.1, 0.15) is 78.1 Å². The first-order valence-corrected chi connectivity index (χ1v) is 10.8. The predicted octanol–water partition coefficient (Wildman–Crippen LogP) is 5.38. The van der Waals surface area contributed by atoms with Crippen LogP contribution in [0.25, 0.3) is 0 Å². The summed E-state index contributed by atoms with van der Waals surface area (Å²) in [5.41, 5.74) is 2.96. The van der Waals surface area contributed by atoms with Crippen LogP contribution >= 0.6 is 0 Å². The normalized spacial score (nSPS) is 31.5. The zero-order chi connectivity index (χ0) is 18.1. The minimum atomic E-state index is 0.212. The zero-order valence-corrected chi connectivity index (χ0v) is 17.2.